The molecule has 1 aromatic heterocycles. The third kappa shape index (κ3) is 4.88. The van der Waals surface area contributed by atoms with Crippen molar-refractivity contribution in [2.45, 2.75) is 26.2 Å². The van der Waals surface area contributed by atoms with E-state index >= 15 is 0 Å². The van der Waals surface area contributed by atoms with Gasteiger partial charge in [0.05, 0.1) is 5.56 Å². The van der Waals surface area contributed by atoms with Gasteiger partial charge in [-0.1, -0.05) is 30.9 Å². The lowest BCUT2D eigenvalue weighted by Crippen LogP contribution is -1.99. The van der Waals surface area contributed by atoms with Gasteiger partial charge in [-0.3, -0.25) is 4.98 Å². The Morgan fingerprint density at radius 1 is 0.727 bits per heavy atom. The monoisotopic (exact) mass is 451 g/mol. The molecule has 0 saturated carbocycles. The van der Waals surface area contributed by atoms with Gasteiger partial charge in [-0.05, 0) is 72.2 Å². The molecule has 0 radical (unpaired) electrons. The molecule has 0 fully saturated rings. The van der Waals surface area contributed by atoms with Gasteiger partial charge in [0, 0.05) is 22.8 Å². The largest absolute Gasteiger partial charge is 0.261 e. The predicted octanol–water partition coefficient (Wildman–Crippen LogP) is 6.68. The van der Waals surface area contributed by atoms with Crippen molar-refractivity contribution in [2.24, 2.45) is 0 Å². The van der Waals surface area contributed by atoms with Gasteiger partial charge in [0.1, 0.15) is 11.6 Å². The molecule has 0 N–H and O–H groups in total. The number of aryl methyl sites for hydroxylation is 3. The van der Waals surface area contributed by atoms with Crippen LogP contribution in [-0.2, 0) is 19.3 Å². The summed E-state index contributed by atoms with van der Waals surface area (Å²) in [6, 6.07) is 11.2. The first kappa shape index (κ1) is 22.5. The van der Waals surface area contributed by atoms with Gasteiger partial charge in [-0.2, -0.15) is 0 Å². The maximum Gasteiger partial charge on any atom is 0.195 e. The van der Waals surface area contributed by atoms with Gasteiger partial charge < -0.3 is 0 Å². The number of fused-ring (bicyclic) bond motifs is 1. The average molecular weight is 451 g/mol. The Kier molecular flexibility index (Phi) is 6.41. The van der Waals surface area contributed by atoms with Crippen molar-refractivity contribution in [2.75, 3.05) is 0 Å². The van der Waals surface area contributed by atoms with Crippen molar-refractivity contribution in [3.8, 4) is 11.8 Å². The fourth-order valence-corrected chi connectivity index (χ4v) is 3.49. The third-order valence-electron chi connectivity index (χ3n) is 5.37. The molecule has 0 unspecified atom stereocenters. The summed E-state index contributed by atoms with van der Waals surface area (Å²) in [6.07, 6.45) is 3.63. The Morgan fingerprint density at radius 3 is 2.15 bits per heavy atom. The van der Waals surface area contributed by atoms with E-state index in [-0.39, 0.29) is 16.3 Å². The molecule has 6 heteroatoms. The van der Waals surface area contributed by atoms with E-state index in [2.05, 4.69) is 16.8 Å². The van der Waals surface area contributed by atoms with E-state index in [9.17, 15) is 22.0 Å². The van der Waals surface area contributed by atoms with Crippen LogP contribution in [0.25, 0.3) is 10.8 Å². The number of hydrogen-bond donors (Lipinski definition) is 0. The summed E-state index contributed by atoms with van der Waals surface area (Å²) < 4.78 is 69.8. The molecule has 0 saturated heterocycles. The van der Waals surface area contributed by atoms with E-state index < -0.39 is 34.6 Å². The Hall–Kier alpha value is -3.72. The van der Waals surface area contributed by atoms with Crippen molar-refractivity contribution in [3.05, 3.63) is 112 Å². The zero-order valence-corrected chi connectivity index (χ0v) is 17.7. The first-order valence-corrected chi connectivity index (χ1v) is 10.4. The number of benzene rings is 3. The van der Waals surface area contributed by atoms with E-state index in [1.54, 1.807) is 6.20 Å². The highest BCUT2D eigenvalue weighted by atomic mass is 19.2. The minimum absolute atomic E-state index is 0.0927. The maximum atomic E-state index is 14.5. The van der Waals surface area contributed by atoms with E-state index in [0.29, 0.717) is 18.4 Å². The molecule has 0 atom stereocenters. The van der Waals surface area contributed by atoms with Crippen LogP contribution in [0.1, 0.15) is 34.9 Å². The van der Waals surface area contributed by atoms with Crippen LogP contribution in [0, 0.1) is 40.9 Å². The zero-order chi connectivity index (χ0) is 23.5. The second-order valence-corrected chi connectivity index (χ2v) is 7.62. The number of nitrogens with zero attached hydrogens (tertiary/aromatic N) is 1. The molecule has 0 spiro atoms. The van der Waals surface area contributed by atoms with Crippen LogP contribution in [0.2, 0.25) is 0 Å². The lowest BCUT2D eigenvalue weighted by atomic mass is 10.0. The van der Waals surface area contributed by atoms with Crippen LogP contribution in [0.15, 0.2) is 54.7 Å². The molecule has 4 aromatic rings. The fourth-order valence-electron chi connectivity index (χ4n) is 3.49. The van der Waals surface area contributed by atoms with Crippen molar-refractivity contribution in [1.82, 2.24) is 4.98 Å². The Bertz CT molecular complexity index is 1380. The number of aromatic nitrogens is 1. The molecule has 0 aliphatic carbocycles. The highest BCUT2D eigenvalue weighted by Crippen LogP contribution is 2.24. The number of halogens is 5. The average Bonchev–Trinajstić information content (AvgIpc) is 2.81. The normalized spacial score (nSPS) is 10.8. The molecule has 0 bridgehead atoms. The summed E-state index contributed by atoms with van der Waals surface area (Å²) in [5.74, 6) is -0.737. The summed E-state index contributed by atoms with van der Waals surface area (Å²) in [4.78, 5) is 4.35. The first-order valence-electron chi connectivity index (χ1n) is 10.4. The van der Waals surface area contributed by atoms with E-state index in [1.165, 1.54) is 30.3 Å². The highest BCUT2D eigenvalue weighted by Gasteiger charge is 2.14. The summed E-state index contributed by atoms with van der Waals surface area (Å²) in [7, 11) is 0. The first-order chi connectivity index (χ1) is 15.9. The van der Waals surface area contributed by atoms with Crippen molar-refractivity contribution >= 4 is 10.8 Å². The summed E-state index contributed by atoms with van der Waals surface area (Å²) >= 11 is 0. The Morgan fingerprint density at radius 2 is 1.48 bits per heavy atom. The topological polar surface area (TPSA) is 12.9 Å². The summed E-state index contributed by atoms with van der Waals surface area (Å²) in [5.41, 5.74) is 2.31. The fraction of sp³-hybridized carbons (Fsp3) is 0.148. The lowest BCUT2D eigenvalue weighted by Gasteiger charge is -2.05. The van der Waals surface area contributed by atoms with Gasteiger partial charge in [0.2, 0.25) is 0 Å². The van der Waals surface area contributed by atoms with Gasteiger partial charge in [-0.15, -0.1) is 0 Å². The van der Waals surface area contributed by atoms with Crippen LogP contribution in [0.3, 0.4) is 0 Å². The number of hydrogen-bond acceptors (Lipinski definition) is 1. The van der Waals surface area contributed by atoms with Gasteiger partial charge in [0.25, 0.3) is 0 Å². The number of rotatable bonds is 4. The minimum Gasteiger partial charge on any atom is -0.261 e. The summed E-state index contributed by atoms with van der Waals surface area (Å²) in [6.45, 7) is 2.04. The molecule has 33 heavy (non-hydrogen) atoms. The minimum atomic E-state index is -1.56. The highest BCUT2D eigenvalue weighted by molar-refractivity contribution is 5.84. The Balaban J connectivity index is 1.55. The quantitative estimate of drug-likeness (QED) is 0.192. The van der Waals surface area contributed by atoms with Gasteiger partial charge >= 0.3 is 0 Å². The van der Waals surface area contributed by atoms with Gasteiger partial charge in [-0.25, -0.2) is 22.0 Å². The second kappa shape index (κ2) is 9.41. The second-order valence-electron chi connectivity index (χ2n) is 7.62. The molecule has 1 heterocycles. The predicted molar refractivity (Wildman–Crippen MR) is 117 cm³/mol. The van der Waals surface area contributed by atoms with E-state index in [4.69, 9.17) is 0 Å². The number of pyridine rings is 1. The molecule has 166 valence electrons. The van der Waals surface area contributed by atoms with Crippen LogP contribution in [0.5, 0.6) is 0 Å². The van der Waals surface area contributed by atoms with E-state index in [0.717, 1.165) is 23.7 Å². The van der Waals surface area contributed by atoms with Crippen LogP contribution >= 0.6 is 0 Å². The van der Waals surface area contributed by atoms with Gasteiger partial charge in [0.15, 0.2) is 17.5 Å². The molecule has 3 aromatic carbocycles. The molecule has 0 aliphatic heterocycles. The smallest absolute Gasteiger partial charge is 0.195 e. The van der Waals surface area contributed by atoms with Crippen LogP contribution < -0.4 is 0 Å². The molecule has 4 rings (SSSR count). The molecule has 0 aliphatic rings. The summed E-state index contributed by atoms with van der Waals surface area (Å²) in [5, 5.41) is -0.0185. The maximum absolute atomic E-state index is 14.5. The standard InChI is InChI=1S/C27H18F5N/c1-2-16-3-7-20(33-15-16)8-4-18-12-23(28)22(24(29)13-18)10-6-17-5-9-21-19(11-17)14-25(30)27(32)26(21)31/h3,5,7,9,11-15H,2,4,8H2,1H3. The lowest BCUT2D eigenvalue weighted by molar-refractivity contribution is 0.453. The van der Waals surface area contributed by atoms with E-state index in [1.807, 2.05) is 19.1 Å². The molecular weight excluding hydrogens is 433 g/mol. The SMILES string of the molecule is CCc1ccc(CCc2cc(F)c(C#Cc3ccc4c(F)c(F)c(F)cc4c3)c(F)c2)nc1. The third-order valence-corrected chi connectivity index (χ3v) is 5.37. The van der Waals surface area contributed by atoms with Crippen molar-refractivity contribution < 1.29 is 22.0 Å². The van der Waals surface area contributed by atoms with Crippen LogP contribution in [0.4, 0.5) is 22.0 Å². The molecular formula is C27H18F5N. The van der Waals surface area contributed by atoms with Crippen LogP contribution in [-0.4, -0.2) is 4.98 Å². The van der Waals surface area contributed by atoms with Crippen molar-refractivity contribution in [1.29, 1.82) is 0 Å². The molecule has 0 amide bonds. The van der Waals surface area contributed by atoms with Crippen molar-refractivity contribution in [3.63, 3.8) is 0 Å². The zero-order valence-electron chi connectivity index (χ0n) is 17.7. The molecule has 1 nitrogen and oxygen atoms in total. The Labute approximate surface area is 187 Å².